The molecule has 6 heteroatoms. The van der Waals surface area contributed by atoms with Crippen LogP contribution in [0.5, 0.6) is 0 Å². The molecule has 1 N–H and O–H groups in total. The monoisotopic (exact) mass is 372 g/mol. The number of likely N-dealkylation sites (tertiary alicyclic amines) is 1. The van der Waals surface area contributed by atoms with E-state index >= 15 is 0 Å². The number of hydrogen-bond acceptors (Lipinski definition) is 5. The van der Waals surface area contributed by atoms with Crippen molar-refractivity contribution in [1.82, 2.24) is 15.2 Å². The number of ketones is 1. The Morgan fingerprint density at radius 2 is 2.04 bits per heavy atom. The Labute approximate surface area is 162 Å². The number of rotatable bonds is 5. The van der Waals surface area contributed by atoms with Crippen LogP contribution in [0.15, 0.2) is 18.3 Å². The molecule has 0 aliphatic carbocycles. The van der Waals surface area contributed by atoms with Gasteiger partial charge in [-0.25, -0.2) is 4.98 Å². The molecule has 148 valence electrons. The van der Waals surface area contributed by atoms with Crippen molar-refractivity contribution in [2.45, 2.75) is 39.5 Å². The second-order valence-corrected chi connectivity index (χ2v) is 8.15. The summed E-state index contributed by atoms with van der Waals surface area (Å²) in [5, 5.41) is 3.39. The van der Waals surface area contributed by atoms with Crippen molar-refractivity contribution in [3.05, 3.63) is 23.9 Å². The van der Waals surface area contributed by atoms with E-state index in [-0.39, 0.29) is 11.8 Å². The Kier molecular flexibility index (Phi) is 6.83. The van der Waals surface area contributed by atoms with Gasteiger partial charge in [0.15, 0.2) is 0 Å². The van der Waals surface area contributed by atoms with Crippen LogP contribution in [0.4, 0.5) is 5.82 Å². The molecule has 0 spiro atoms. The Morgan fingerprint density at radius 3 is 2.78 bits per heavy atom. The lowest BCUT2D eigenvalue weighted by Crippen LogP contribution is -2.42. The molecule has 1 atom stereocenters. The first-order chi connectivity index (χ1) is 13.0. The highest BCUT2D eigenvalue weighted by molar-refractivity contribution is 5.94. The quantitative estimate of drug-likeness (QED) is 0.859. The molecule has 2 saturated heterocycles. The Hall–Kier alpha value is -1.95. The van der Waals surface area contributed by atoms with Gasteiger partial charge in [-0.3, -0.25) is 9.59 Å². The number of carbonyl (C=O) groups excluding carboxylic acids is 2. The van der Waals surface area contributed by atoms with Gasteiger partial charge in [-0.1, -0.05) is 13.8 Å². The fourth-order valence-electron chi connectivity index (χ4n) is 3.95. The normalized spacial score (nSPS) is 21.2. The van der Waals surface area contributed by atoms with Crippen LogP contribution in [0, 0.1) is 11.8 Å². The first-order valence-electron chi connectivity index (χ1n) is 10.3. The van der Waals surface area contributed by atoms with Gasteiger partial charge in [0.05, 0.1) is 5.56 Å². The highest BCUT2D eigenvalue weighted by Gasteiger charge is 2.29. The maximum absolute atomic E-state index is 12.9. The number of aromatic nitrogens is 1. The Balaban J connectivity index is 1.62. The van der Waals surface area contributed by atoms with Crippen LogP contribution in [0.1, 0.15) is 49.9 Å². The van der Waals surface area contributed by atoms with E-state index in [0.717, 1.165) is 57.8 Å². The van der Waals surface area contributed by atoms with Crippen molar-refractivity contribution >= 4 is 17.5 Å². The average Bonchev–Trinajstić information content (AvgIpc) is 2.97. The molecule has 2 aliphatic rings. The molecular weight excluding hydrogens is 340 g/mol. The molecule has 3 heterocycles. The van der Waals surface area contributed by atoms with Gasteiger partial charge in [0.1, 0.15) is 11.6 Å². The van der Waals surface area contributed by atoms with Crippen molar-refractivity contribution in [2.24, 2.45) is 11.8 Å². The lowest BCUT2D eigenvalue weighted by Gasteiger charge is -2.32. The average molecular weight is 373 g/mol. The standard InChI is InChI=1S/C21H32N4O2/c1-16(2)13-19(26)18-5-3-10-25(15-18)21(27)17-6-7-20(23-14-17)24-11-4-8-22-9-12-24/h6-7,14,16,18,22H,3-5,8-13,15H2,1-2H3. The highest BCUT2D eigenvalue weighted by Crippen LogP contribution is 2.22. The summed E-state index contributed by atoms with van der Waals surface area (Å²) in [5.74, 6) is 1.58. The van der Waals surface area contributed by atoms with E-state index in [1.54, 1.807) is 6.20 Å². The van der Waals surface area contributed by atoms with Gasteiger partial charge in [0.2, 0.25) is 0 Å². The molecule has 1 amide bonds. The second kappa shape index (κ2) is 9.31. The summed E-state index contributed by atoms with van der Waals surface area (Å²) in [7, 11) is 0. The van der Waals surface area contributed by atoms with E-state index in [2.05, 4.69) is 29.0 Å². The zero-order valence-corrected chi connectivity index (χ0v) is 16.6. The maximum Gasteiger partial charge on any atom is 0.255 e. The van der Waals surface area contributed by atoms with Crippen LogP contribution in [-0.2, 0) is 4.79 Å². The number of carbonyl (C=O) groups is 2. The smallest absolute Gasteiger partial charge is 0.255 e. The summed E-state index contributed by atoms with van der Waals surface area (Å²) in [6.45, 7) is 9.33. The fourth-order valence-corrected chi connectivity index (χ4v) is 3.95. The third-order valence-corrected chi connectivity index (χ3v) is 5.43. The molecule has 2 fully saturated rings. The zero-order valence-electron chi connectivity index (χ0n) is 16.6. The first-order valence-corrected chi connectivity index (χ1v) is 10.3. The predicted octanol–water partition coefficient (Wildman–Crippen LogP) is 2.35. The number of hydrogen-bond donors (Lipinski definition) is 1. The van der Waals surface area contributed by atoms with Gasteiger partial charge in [-0.05, 0) is 43.9 Å². The van der Waals surface area contributed by atoms with Crippen LogP contribution in [0.25, 0.3) is 0 Å². The van der Waals surface area contributed by atoms with Gasteiger partial charge >= 0.3 is 0 Å². The number of Topliss-reactive ketones (excluding diaryl/α,β-unsaturated/α-hetero) is 1. The van der Waals surface area contributed by atoms with Crippen LogP contribution in [0.2, 0.25) is 0 Å². The SMILES string of the molecule is CC(C)CC(=O)C1CCCN(C(=O)c2ccc(N3CCCNCC3)nc2)C1. The molecule has 0 radical (unpaired) electrons. The van der Waals surface area contributed by atoms with Gasteiger partial charge < -0.3 is 15.1 Å². The van der Waals surface area contributed by atoms with Crippen molar-refractivity contribution in [2.75, 3.05) is 44.2 Å². The first kappa shape index (κ1) is 19.8. The molecule has 1 aromatic heterocycles. The number of piperidine rings is 1. The van der Waals surface area contributed by atoms with Gasteiger partial charge in [0.25, 0.3) is 5.91 Å². The van der Waals surface area contributed by atoms with Gasteiger partial charge in [0, 0.05) is 51.3 Å². The maximum atomic E-state index is 12.9. The minimum absolute atomic E-state index is 0.00590. The van der Waals surface area contributed by atoms with Crippen LogP contribution in [0.3, 0.4) is 0 Å². The molecule has 1 unspecified atom stereocenters. The van der Waals surface area contributed by atoms with E-state index in [4.69, 9.17) is 0 Å². The number of anilines is 1. The van der Waals surface area contributed by atoms with E-state index in [1.807, 2.05) is 17.0 Å². The van der Waals surface area contributed by atoms with Gasteiger partial charge in [-0.15, -0.1) is 0 Å². The Morgan fingerprint density at radius 1 is 1.19 bits per heavy atom. The van der Waals surface area contributed by atoms with E-state index in [1.165, 1.54) is 0 Å². The van der Waals surface area contributed by atoms with Crippen molar-refractivity contribution < 1.29 is 9.59 Å². The molecule has 1 aromatic rings. The number of nitrogens with zero attached hydrogens (tertiary/aromatic N) is 3. The zero-order chi connectivity index (χ0) is 19.2. The molecule has 3 rings (SSSR count). The van der Waals surface area contributed by atoms with Crippen LogP contribution < -0.4 is 10.2 Å². The molecule has 2 aliphatic heterocycles. The molecule has 0 aromatic carbocycles. The minimum Gasteiger partial charge on any atom is -0.355 e. The Bertz CT molecular complexity index is 636. The van der Waals surface area contributed by atoms with Crippen LogP contribution in [-0.4, -0.2) is 60.8 Å². The lowest BCUT2D eigenvalue weighted by atomic mass is 9.89. The summed E-state index contributed by atoms with van der Waals surface area (Å²) < 4.78 is 0. The minimum atomic E-state index is -0.0121. The molecule has 27 heavy (non-hydrogen) atoms. The van der Waals surface area contributed by atoms with E-state index in [9.17, 15) is 9.59 Å². The molecule has 6 nitrogen and oxygen atoms in total. The van der Waals surface area contributed by atoms with Gasteiger partial charge in [-0.2, -0.15) is 0 Å². The summed E-state index contributed by atoms with van der Waals surface area (Å²) >= 11 is 0. The number of pyridine rings is 1. The summed E-state index contributed by atoms with van der Waals surface area (Å²) in [6.07, 6.45) is 5.19. The van der Waals surface area contributed by atoms with Crippen molar-refractivity contribution in [3.8, 4) is 0 Å². The summed E-state index contributed by atoms with van der Waals surface area (Å²) in [4.78, 5) is 33.9. The lowest BCUT2D eigenvalue weighted by molar-refractivity contribution is -0.124. The molecule has 0 saturated carbocycles. The summed E-state index contributed by atoms with van der Waals surface area (Å²) in [6, 6.07) is 3.83. The largest absolute Gasteiger partial charge is 0.355 e. The fraction of sp³-hybridized carbons (Fsp3) is 0.667. The predicted molar refractivity (Wildman–Crippen MR) is 107 cm³/mol. The van der Waals surface area contributed by atoms with Crippen molar-refractivity contribution in [1.29, 1.82) is 0 Å². The van der Waals surface area contributed by atoms with E-state index in [0.29, 0.717) is 30.2 Å². The third kappa shape index (κ3) is 5.28. The number of nitrogens with one attached hydrogen (secondary N) is 1. The third-order valence-electron chi connectivity index (χ3n) is 5.43. The van der Waals surface area contributed by atoms with Crippen LogP contribution >= 0.6 is 0 Å². The molecular formula is C21H32N4O2. The van der Waals surface area contributed by atoms with E-state index < -0.39 is 0 Å². The summed E-state index contributed by atoms with van der Waals surface area (Å²) in [5.41, 5.74) is 0.614. The highest BCUT2D eigenvalue weighted by atomic mass is 16.2. The molecule has 0 bridgehead atoms. The number of amides is 1. The van der Waals surface area contributed by atoms with Crippen molar-refractivity contribution in [3.63, 3.8) is 0 Å². The second-order valence-electron chi connectivity index (χ2n) is 8.15. The topological polar surface area (TPSA) is 65.5 Å².